The molecule has 0 aliphatic carbocycles. The summed E-state index contributed by atoms with van der Waals surface area (Å²) in [6.07, 6.45) is -1.01. The second kappa shape index (κ2) is 9.32. The number of carbonyl (C=O) groups is 1. The van der Waals surface area contributed by atoms with E-state index < -0.39 is 37.3 Å². The summed E-state index contributed by atoms with van der Waals surface area (Å²) in [5.74, 6) is -0.282. The summed E-state index contributed by atoms with van der Waals surface area (Å²) >= 11 is 0. The van der Waals surface area contributed by atoms with E-state index in [0.717, 1.165) is 32.1 Å². The van der Waals surface area contributed by atoms with E-state index in [1.54, 1.807) is 0 Å². The first-order valence-electron chi connectivity index (χ1n) is 7.61. The Kier molecular flexibility index (Phi) is 8.13. The van der Waals surface area contributed by atoms with Gasteiger partial charge in [0, 0.05) is 6.42 Å². The van der Waals surface area contributed by atoms with Crippen LogP contribution in [0.4, 0.5) is 0 Å². The van der Waals surface area contributed by atoms with Crippen molar-refractivity contribution >= 4 is 5.91 Å². The average molecular weight is 305 g/mol. The molecule has 0 radical (unpaired) electrons. The minimum absolute atomic E-state index is 0.282. The summed E-state index contributed by atoms with van der Waals surface area (Å²) in [7, 11) is 0. The van der Waals surface area contributed by atoms with Crippen LogP contribution in [-0.2, 0) is 9.53 Å². The van der Waals surface area contributed by atoms with Crippen molar-refractivity contribution in [2.24, 2.45) is 0 Å². The van der Waals surface area contributed by atoms with E-state index in [-0.39, 0.29) is 5.91 Å². The van der Waals surface area contributed by atoms with Gasteiger partial charge >= 0.3 is 0 Å². The van der Waals surface area contributed by atoms with Crippen molar-refractivity contribution in [3.8, 4) is 0 Å². The fourth-order valence-corrected chi connectivity index (χ4v) is 2.34. The molecule has 1 rings (SSSR count). The van der Waals surface area contributed by atoms with Crippen LogP contribution >= 0.6 is 0 Å². The Bertz CT molecular complexity index is 312. The zero-order chi connectivity index (χ0) is 15.8. The molecule has 5 atom stereocenters. The summed E-state index contributed by atoms with van der Waals surface area (Å²) in [4.78, 5) is 11.8. The molecule has 1 aliphatic heterocycles. The summed E-state index contributed by atoms with van der Waals surface area (Å²) in [5.41, 5.74) is 0. The fourth-order valence-electron chi connectivity index (χ4n) is 2.34. The molecule has 0 bridgehead atoms. The van der Waals surface area contributed by atoms with Gasteiger partial charge in [0.15, 0.2) is 6.23 Å². The number of hydrogen-bond donors (Lipinski definition) is 5. The summed E-state index contributed by atoms with van der Waals surface area (Å²) < 4.78 is 5.20. The van der Waals surface area contributed by atoms with Crippen LogP contribution in [0.15, 0.2) is 0 Å². The van der Waals surface area contributed by atoms with E-state index in [2.05, 4.69) is 12.2 Å². The molecule has 0 aromatic carbocycles. The van der Waals surface area contributed by atoms with Gasteiger partial charge in [-0.15, -0.1) is 0 Å². The smallest absolute Gasteiger partial charge is 0.222 e. The van der Waals surface area contributed by atoms with Gasteiger partial charge in [-0.2, -0.15) is 0 Å². The van der Waals surface area contributed by atoms with Gasteiger partial charge in [-0.25, -0.2) is 0 Å². The third-order valence-corrected chi connectivity index (χ3v) is 3.70. The monoisotopic (exact) mass is 305 g/mol. The highest BCUT2D eigenvalue weighted by Gasteiger charge is 2.43. The highest BCUT2D eigenvalue weighted by molar-refractivity contribution is 5.76. The van der Waals surface area contributed by atoms with Crippen LogP contribution in [0.1, 0.15) is 45.4 Å². The van der Waals surface area contributed by atoms with Crippen LogP contribution < -0.4 is 5.32 Å². The Balaban J connectivity index is 2.36. The zero-order valence-electron chi connectivity index (χ0n) is 12.4. The first kappa shape index (κ1) is 18.3. The number of carbonyl (C=O) groups excluding carboxylic acids is 1. The number of amides is 1. The van der Waals surface area contributed by atoms with Gasteiger partial charge in [0.25, 0.3) is 0 Å². The van der Waals surface area contributed by atoms with E-state index in [9.17, 15) is 20.1 Å². The molecule has 1 aliphatic rings. The van der Waals surface area contributed by atoms with Crippen LogP contribution in [0.2, 0.25) is 0 Å². The minimum Gasteiger partial charge on any atom is -0.394 e. The maximum absolute atomic E-state index is 11.8. The van der Waals surface area contributed by atoms with E-state index in [1.165, 1.54) is 0 Å². The zero-order valence-corrected chi connectivity index (χ0v) is 12.4. The largest absolute Gasteiger partial charge is 0.394 e. The van der Waals surface area contributed by atoms with E-state index in [0.29, 0.717) is 6.42 Å². The summed E-state index contributed by atoms with van der Waals surface area (Å²) in [5, 5.41) is 40.6. The van der Waals surface area contributed by atoms with Crippen molar-refractivity contribution in [1.82, 2.24) is 5.32 Å². The quantitative estimate of drug-likeness (QED) is 0.377. The number of aliphatic hydroxyl groups excluding tert-OH is 4. The number of nitrogens with one attached hydrogen (secondary N) is 1. The molecule has 1 saturated heterocycles. The lowest BCUT2D eigenvalue weighted by atomic mass is 9.98. The predicted molar refractivity (Wildman–Crippen MR) is 75.3 cm³/mol. The van der Waals surface area contributed by atoms with Crippen LogP contribution in [0.3, 0.4) is 0 Å². The van der Waals surface area contributed by atoms with E-state index in [4.69, 9.17) is 9.84 Å². The van der Waals surface area contributed by atoms with Gasteiger partial charge in [0.1, 0.15) is 24.4 Å². The molecule has 1 fully saturated rings. The fraction of sp³-hybridized carbons (Fsp3) is 0.929. The van der Waals surface area contributed by atoms with E-state index >= 15 is 0 Å². The first-order valence-corrected chi connectivity index (χ1v) is 7.61. The molecule has 21 heavy (non-hydrogen) atoms. The van der Waals surface area contributed by atoms with Crippen molar-refractivity contribution in [2.45, 2.75) is 76.1 Å². The molecule has 0 spiro atoms. The van der Waals surface area contributed by atoms with Crippen LogP contribution in [-0.4, -0.2) is 63.6 Å². The number of aliphatic hydroxyl groups is 4. The van der Waals surface area contributed by atoms with Crippen LogP contribution in [0.5, 0.6) is 0 Å². The Hall–Kier alpha value is -0.730. The topological polar surface area (TPSA) is 119 Å². The molecule has 7 heteroatoms. The SMILES string of the molecule is CCCCCCCC(=O)NC1O[C@H](CO)[C@@H](O)[C@H](O)[C@H]1O. The molecule has 1 heterocycles. The third kappa shape index (κ3) is 5.52. The molecule has 1 amide bonds. The Morgan fingerprint density at radius 1 is 1.05 bits per heavy atom. The van der Waals surface area contributed by atoms with Crippen molar-refractivity contribution in [3.63, 3.8) is 0 Å². The standard InChI is InChI=1S/C14H27NO6/c1-2-3-4-5-6-7-10(17)15-14-13(20)12(19)11(18)9(8-16)21-14/h9,11-14,16,18-20H,2-8H2,1H3,(H,15,17)/t9-,11-,12+,13-,14?/m1/s1. The molecule has 7 nitrogen and oxygen atoms in total. The second-order valence-corrected chi connectivity index (χ2v) is 5.48. The number of unbranched alkanes of at least 4 members (excludes halogenated alkanes) is 4. The van der Waals surface area contributed by atoms with Crippen molar-refractivity contribution < 1.29 is 30.0 Å². The molecule has 0 aromatic heterocycles. The Morgan fingerprint density at radius 3 is 2.33 bits per heavy atom. The lowest BCUT2D eigenvalue weighted by Crippen LogP contribution is -2.63. The predicted octanol–water partition coefficient (Wildman–Crippen LogP) is -0.737. The van der Waals surface area contributed by atoms with Crippen molar-refractivity contribution in [2.75, 3.05) is 6.61 Å². The van der Waals surface area contributed by atoms with Crippen molar-refractivity contribution in [1.29, 1.82) is 0 Å². The van der Waals surface area contributed by atoms with Gasteiger partial charge in [-0.05, 0) is 6.42 Å². The number of rotatable bonds is 8. The van der Waals surface area contributed by atoms with Gasteiger partial charge in [-0.1, -0.05) is 32.6 Å². The van der Waals surface area contributed by atoms with Crippen LogP contribution in [0, 0.1) is 0 Å². The summed E-state index contributed by atoms with van der Waals surface area (Å²) in [6, 6.07) is 0. The second-order valence-electron chi connectivity index (χ2n) is 5.48. The highest BCUT2D eigenvalue weighted by Crippen LogP contribution is 2.19. The first-order chi connectivity index (χ1) is 10.0. The number of hydrogen-bond acceptors (Lipinski definition) is 6. The number of ether oxygens (including phenoxy) is 1. The third-order valence-electron chi connectivity index (χ3n) is 3.70. The van der Waals surface area contributed by atoms with E-state index in [1.807, 2.05) is 0 Å². The van der Waals surface area contributed by atoms with Gasteiger partial charge in [-0.3, -0.25) is 4.79 Å². The average Bonchev–Trinajstić information content (AvgIpc) is 2.47. The lowest BCUT2D eigenvalue weighted by Gasteiger charge is -2.40. The van der Waals surface area contributed by atoms with Gasteiger partial charge in [0.05, 0.1) is 6.61 Å². The minimum atomic E-state index is -1.47. The molecular weight excluding hydrogens is 278 g/mol. The Morgan fingerprint density at radius 2 is 1.71 bits per heavy atom. The molecular formula is C14H27NO6. The molecule has 0 saturated carbocycles. The molecule has 1 unspecified atom stereocenters. The Labute approximate surface area is 124 Å². The van der Waals surface area contributed by atoms with Crippen LogP contribution in [0.25, 0.3) is 0 Å². The van der Waals surface area contributed by atoms with Gasteiger partial charge < -0.3 is 30.5 Å². The molecule has 5 N–H and O–H groups in total. The molecule has 124 valence electrons. The highest BCUT2D eigenvalue weighted by atomic mass is 16.6. The van der Waals surface area contributed by atoms with Gasteiger partial charge in [0.2, 0.25) is 5.91 Å². The molecule has 0 aromatic rings. The lowest BCUT2D eigenvalue weighted by molar-refractivity contribution is -0.236. The van der Waals surface area contributed by atoms with Crippen molar-refractivity contribution in [3.05, 3.63) is 0 Å². The maximum Gasteiger partial charge on any atom is 0.222 e. The maximum atomic E-state index is 11.8. The normalized spacial score (nSPS) is 32.9. The summed E-state index contributed by atoms with van der Waals surface area (Å²) in [6.45, 7) is 1.61.